The van der Waals surface area contributed by atoms with Crippen molar-refractivity contribution in [3.63, 3.8) is 0 Å². The Labute approximate surface area is 128 Å². The van der Waals surface area contributed by atoms with Gasteiger partial charge in [-0.2, -0.15) is 4.98 Å². The molecular formula is C15H18ClFN4. The van der Waals surface area contributed by atoms with Crippen LogP contribution in [0.4, 0.5) is 16.2 Å². The fourth-order valence-corrected chi connectivity index (χ4v) is 1.99. The summed E-state index contributed by atoms with van der Waals surface area (Å²) in [5.74, 6) is 0.898. The second-order valence-corrected chi connectivity index (χ2v) is 4.99. The van der Waals surface area contributed by atoms with Crippen LogP contribution in [0.5, 0.6) is 0 Å². The van der Waals surface area contributed by atoms with E-state index in [0.717, 1.165) is 13.0 Å². The van der Waals surface area contributed by atoms with Crippen molar-refractivity contribution >= 4 is 23.4 Å². The topological polar surface area (TPSA) is 49.8 Å². The first-order valence-electron chi connectivity index (χ1n) is 6.94. The maximum absolute atomic E-state index is 13.5. The van der Waals surface area contributed by atoms with Gasteiger partial charge >= 0.3 is 0 Å². The molecule has 1 aromatic carbocycles. The Hall–Kier alpha value is -1.88. The van der Waals surface area contributed by atoms with E-state index in [2.05, 4.69) is 27.5 Å². The van der Waals surface area contributed by atoms with Crippen molar-refractivity contribution < 1.29 is 4.39 Å². The summed E-state index contributed by atoms with van der Waals surface area (Å²) in [6, 6.07) is 6.73. The third kappa shape index (κ3) is 4.56. The van der Waals surface area contributed by atoms with E-state index in [9.17, 15) is 4.39 Å². The van der Waals surface area contributed by atoms with Crippen molar-refractivity contribution in [3.05, 3.63) is 46.9 Å². The molecule has 0 aliphatic heterocycles. The highest BCUT2D eigenvalue weighted by Gasteiger charge is 2.06. The van der Waals surface area contributed by atoms with Gasteiger partial charge in [-0.15, -0.1) is 0 Å². The normalized spacial score (nSPS) is 10.4. The van der Waals surface area contributed by atoms with Crippen molar-refractivity contribution in [2.24, 2.45) is 0 Å². The van der Waals surface area contributed by atoms with Crippen molar-refractivity contribution in [1.82, 2.24) is 9.97 Å². The summed E-state index contributed by atoms with van der Waals surface area (Å²) in [4.78, 5) is 8.41. The lowest BCUT2D eigenvalue weighted by atomic mass is 10.1. The van der Waals surface area contributed by atoms with Gasteiger partial charge in [-0.3, -0.25) is 0 Å². The maximum Gasteiger partial charge on any atom is 0.224 e. The fourth-order valence-electron chi connectivity index (χ4n) is 1.83. The van der Waals surface area contributed by atoms with Crippen molar-refractivity contribution in [3.8, 4) is 0 Å². The van der Waals surface area contributed by atoms with E-state index in [-0.39, 0.29) is 5.82 Å². The predicted molar refractivity (Wildman–Crippen MR) is 84.4 cm³/mol. The monoisotopic (exact) mass is 308 g/mol. The second-order valence-electron chi connectivity index (χ2n) is 4.59. The Kier molecular flexibility index (Phi) is 5.75. The SMILES string of the molecule is CCCNc1ncc(Cl)c(NCCc2ccccc2F)n1. The lowest BCUT2D eigenvalue weighted by Crippen LogP contribution is -2.10. The molecule has 1 heterocycles. The van der Waals surface area contributed by atoms with Gasteiger partial charge in [-0.05, 0) is 24.5 Å². The quantitative estimate of drug-likeness (QED) is 0.818. The van der Waals surface area contributed by atoms with Crippen LogP contribution < -0.4 is 10.6 Å². The van der Waals surface area contributed by atoms with Gasteiger partial charge in [-0.1, -0.05) is 36.7 Å². The zero-order valence-corrected chi connectivity index (χ0v) is 12.6. The van der Waals surface area contributed by atoms with Crippen LogP contribution in [0.1, 0.15) is 18.9 Å². The average Bonchev–Trinajstić information content (AvgIpc) is 2.49. The number of anilines is 2. The number of nitrogens with one attached hydrogen (secondary N) is 2. The minimum atomic E-state index is -0.196. The van der Waals surface area contributed by atoms with Crippen molar-refractivity contribution in [2.45, 2.75) is 19.8 Å². The predicted octanol–water partition coefficient (Wildman–Crippen LogP) is 3.75. The molecule has 0 spiro atoms. The van der Waals surface area contributed by atoms with Crippen molar-refractivity contribution in [2.75, 3.05) is 23.7 Å². The highest BCUT2D eigenvalue weighted by atomic mass is 35.5. The summed E-state index contributed by atoms with van der Waals surface area (Å²) in [7, 11) is 0. The van der Waals surface area contributed by atoms with Crippen LogP contribution in [-0.4, -0.2) is 23.1 Å². The summed E-state index contributed by atoms with van der Waals surface area (Å²) in [5.41, 5.74) is 0.666. The maximum atomic E-state index is 13.5. The van der Waals surface area contributed by atoms with Crippen LogP contribution in [0.2, 0.25) is 5.02 Å². The van der Waals surface area contributed by atoms with Crippen LogP contribution in [0.15, 0.2) is 30.5 Å². The van der Waals surface area contributed by atoms with E-state index < -0.39 is 0 Å². The summed E-state index contributed by atoms with van der Waals surface area (Å²) < 4.78 is 13.5. The smallest absolute Gasteiger partial charge is 0.224 e. The highest BCUT2D eigenvalue weighted by molar-refractivity contribution is 6.32. The first kappa shape index (κ1) is 15.5. The number of rotatable bonds is 7. The molecule has 2 aromatic rings. The molecule has 0 saturated carbocycles. The Bertz CT molecular complexity index is 592. The van der Waals surface area contributed by atoms with Gasteiger partial charge in [0.1, 0.15) is 16.7 Å². The molecule has 0 aliphatic rings. The molecule has 21 heavy (non-hydrogen) atoms. The number of nitrogens with zero attached hydrogens (tertiary/aromatic N) is 2. The van der Waals surface area contributed by atoms with Crippen LogP contribution in [0, 0.1) is 5.82 Å². The molecule has 0 fully saturated rings. The molecule has 0 amide bonds. The fraction of sp³-hybridized carbons (Fsp3) is 0.333. The zero-order chi connectivity index (χ0) is 15.1. The molecule has 2 N–H and O–H groups in total. The van der Waals surface area contributed by atoms with E-state index in [1.807, 2.05) is 6.07 Å². The third-order valence-electron chi connectivity index (χ3n) is 2.92. The molecule has 2 rings (SSSR count). The summed E-state index contributed by atoms with van der Waals surface area (Å²) in [6.07, 6.45) is 3.10. The largest absolute Gasteiger partial charge is 0.368 e. The zero-order valence-electron chi connectivity index (χ0n) is 11.9. The molecular weight excluding hydrogens is 291 g/mol. The number of benzene rings is 1. The van der Waals surface area contributed by atoms with Crippen LogP contribution in [-0.2, 0) is 6.42 Å². The lowest BCUT2D eigenvalue weighted by molar-refractivity contribution is 0.610. The second kappa shape index (κ2) is 7.78. The molecule has 0 unspecified atom stereocenters. The van der Waals surface area contributed by atoms with Gasteiger partial charge < -0.3 is 10.6 Å². The van der Waals surface area contributed by atoms with Crippen LogP contribution >= 0.6 is 11.6 Å². The lowest BCUT2D eigenvalue weighted by Gasteiger charge is -2.10. The number of aromatic nitrogens is 2. The van der Waals surface area contributed by atoms with Gasteiger partial charge in [0.05, 0.1) is 6.20 Å². The molecule has 0 radical (unpaired) electrons. The van der Waals surface area contributed by atoms with E-state index in [4.69, 9.17) is 11.6 Å². The molecule has 1 aromatic heterocycles. The summed E-state index contributed by atoms with van der Waals surface area (Å²) >= 11 is 6.05. The van der Waals surface area contributed by atoms with Crippen molar-refractivity contribution in [1.29, 1.82) is 0 Å². The van der Waals surface area contributed by atoms with Crippen LogP contribution in [0.25, 0.3) is 0 Å². The first-order valence-corrected chi connectivity index (χ1v) is 7.32. The summed E-state index contributed by atoms with van der Waals surface area (Å²) in [5, 5.41) is 6.66. The third-order valence-corrected chi connectivity index (χ3v) is 3.20. The van der Waals surface area contributed by atoms with Gasteiger partial charge in [0.25, 0.3) is 0 Å². The van der Waals surface area contributed by atoms with Crippen LogP contribution in [0.3, 0.4) is 0 Å². The average molecular weight is 309 g/mol. The van der Waals surface area contributed by atoms with E-state index in [0.29, 0.717) is 35.3 Å². The number of halogens is 2. The Balaban J connectivity index is 1.94. The Morgan fingerprint density at radius 2 is 2.00 bits per heavy atom. The molecule has 0 saturated heterocycles. The number of hydrogen-bond acceptors (Lipinski definition) is 4. The molecule has 4 nitrogen and oxygen atoms in total. The summed E-state index contributed by atoms with van der Waals surface area (Å²) in [6.45, 7) is 3.41. The molecule has 112 valence electrons. The van der Waals surface area contributed by atoms with Gasteiger partial charge in [0.2, 0.25) is 5.95 Å². The van der Waals surface area contributed by atoms with E-state index in [1.54, 1.807) is 18.3 Å². The van der Waals surface area contributed by atoms with Gasteiger partial charge in [0.15, 0.2) is 0 Å². The Morgan fingerprint density at radius 3 is 2.76 bits per heavy atom. The standard InChI is InChI=1S/C15H18ClFN4/c1-2-8-19-15-20-10-12(16)14(21-15)18-9-7-11-5-3-4-6-13(11)17/h3-6,10H,2,7-9H2,1H3,(H2,18,19,20,21). The molecule has 0 aliphatic carbocycles. The first-order chi connectivity index (χ1) is 10.2. The molecule has 6 heteroatoms. The minimum Gasteiger partial charge on any atom is -0.368 e. The Morgan fingerprint density at radius 1 is 1.19 bits per heavy atom. The van der Waals surface area contributed by atoms with Gasteiger partial charge in [-0.25, -0.2) is 9.37 Å². The highest BCUT2D eigenvalue weighted by Crippen LogP contribution is 2.19. The molecule has 0 atom stereocenters. The number of hydrogen-bond donors (Lipinski definition) is 2. The van der Waals surface area contributed by atoms with E-state index >= 15 is 0 Å². The minimum absolute atomic E-state index is 0.196. The van der Waals surface area contributed by atoms with Gasteiger partial charge in [0, 0.05) is 13.1 Å². The molecule has 0 bridgehead atoms. The van der Waals surface area contributed by atoms with E-state index in [1.165, 1.54) is 6.07 Å².